The number of hydrogen-bond acceptors (Lipinski definition) is 4. The van der Waals surface area contributed by atoms with E-state index in [-0.39, 0.29) is 17.3 Å². The molecule has 0 fully saturated rings. The van der Waals surface area contributed by atoms with Gasteiger partial charge in [-0.2, -0.15) is 4.31 Å². The highest BCUT2D eigenvalue weighted by molar-refractivity contribution is 7.89. The number of nitrogens with zero attached hydrogens (tertiary/aromatic N) is 2. The second-order valence-electron chi connectivity index (χ2n) is 7.10. The lowest BCUT2D eigenvalue weighted by Gasteiger charge is -2.17. The smallest absolute Gasteiger partial charge is 0.256 e. The molecule has 0 spiro atoms. The van der Waals surface area contributed by atoms with Crippen LogP contribution in [0.5, 0.6) is 0 Å². The molecule has 1 aromatic heterocycles. The molecule has 4 aromatic rings. The number of hydrogen-bond donors (Lipinski definition) is 1. The van der Waals surface area contributed by atoms with Crippen molar-refractivity contribution in [3.05, 3.63) is 102 Å². The van der Waals surface area contributed by atoms with Crippen LogP contribution < -0.4 is 5.32 Å². The Balaban J connectivity index is 1.50. The molecule has 0 radical (unpaired) electrons. The Labute approximate surface area is 181 Å². The standard InChI is InChI=1S/C24H21N3O3S/c1-27(17-18-7-3-2-4-8-18)31(29,30)20-14-12-19(13-15-20)26-24(28)22-9-5-11-23-21(22)10-6-16-25-23/h2-16H,17H2,1H3,(H,26,28). The van der Waals surface area contributed by atoms with Gasteiger partial charge in [-0.3, -0.25) is 9.78 Å². The van der Waals surface area contributed by atoms with Crippen LogP contribution in [0.1, 0.15) is 15.9 Å². The topological polar surface area (TPSA) is 79.4 Å². The molecule has 0 bridgehead atoms. The molecule has 0 unspecified atom stereocenters. The van der Waals surface area contributed by atoms with Crippen LogP contribution >= 0.6 is 0 Å². The molecular formula is C24H21N3O3S. The van der Waals surface area contributed by atoms with Crippen molar-refractivity contribution >= 4 is 32.5 Å². The second-order valence-corrected chi connectivity index (χ2v) is 9.15. The van der Waals surface area contributed by atoms with Crippen LogP contribution in [0.15, 0.2) is 96.0 Å². The van der Waals surface area contributed by atoms with Gasteiger partial charge in [0, 0.05) is 36.4 Å². The summed E-state index contributed by atoms with van der Waals surface area (Å²) in [5, 5.41) is 3.58. The molecular weight excluding hydrogens is 410 g/mol. The minimum absolute atomic E-state index is 0.165. The third-order valence-electron chi connectivity index (χ3n) is 4.96. The van der Waals surface area contributed by atoms with Gasteiger partial charge in [-0.15, -0.1) is 0 Å². The lowest BCUT2D eigenvalue weighted by molar-refractivity contribution is 0.102. The third-order valence-corrected chi connectivity index (χ3v) is 6.78. The molecule has 0 saturated carbocycles. The Morgan fingerprint density at radius 3 is 2.39 bits per heavy atom. The predicted octanol–water partition coefficient (Wildman–Crippen LogP) is 4.31. The van der Waals surface area contributed by atoms with E-state index in [2.05, 4.69) is 10.3 Å². The van der Waals surface area contributed by atoms with E-state index in [1.54, 1.807) is 43.6 Å². The lowest BCUT2D eigenvalue weighted by atomic mass is 10.1. The minimum atomic E-state index is -3.65. The van der Waals surface area contributed by atoms with Crippen LogP contribution in [-0.4, -0.2) is 30.7 Å². The fourth-order valence-electron chi connectivity index (χ4n) is 3.32. The molecule has 1 heterocycles. The number of sulfonamides is 1. The van der Waals surface area contributed by atoms with Crippen molar-refractivity contribution in [1.29, 1.82) is 0 Å². The molecule has 0 atom stereocenters. The fraction of sp³-hybridized carbons (Fsp3) is 0.0833. The summed E-state index contributed by atoms with van der Waals surface area (Å²) in [6.07, 6.45) is 1.68. The van der Waals surface area contributed by atoms with Gasteiger partial charge in [0.2, 0.25) is 10.0 Å². The summed E-state index contributed by atoms with van der Waals surface area (Å²) < 4.78 is 27.0. The van der Waals surface area contributed by atoms with E-state index in [1.165, 1.54) is 16.4 Å². The number of fused-ring (bicyclic) bond motifs is 1. The van der Waals surface area contributed by atoms with E-state index in [0.29, 0.717) is 11.3 Å². The van der Waals surface area contributed by atoms with Crippen LogP contribution in [0.3, 0.4) is 0 Å². The zero-order valence-electron chi connectivity index (χ0n) is 16.9. The molecule has 4 rings (SSSR count). The van der Waals surface area contributed by atoms with Crippen LogP contribution in [0.25, 0.3) is 10.9 Å². The maximum atomic E-state index is 12.9. The van der Waals surface area contributed by atoms with Crippen molar-refractivity contribution in [2.45, 2.75) is 11.4 Å². The van der Waals surface area contributed by atoms with Gasteiger partial charge in [-0.05, 0) is 48.0 Å². The van der Waals surface area contributed by atoms with E-state index in [4.69, 9.17) is 0 Å². The molecule has 0 aliphatic rings. The van der Waals surface area contributed by atoms with Gasteiger partial charge in [-0.1, -0.05) is 42.5 Å². The summed E-state index contributed by atoms with van der Waals surface area (Å²) in [6.45, 7) is 0.275. The summed E-state index contributed by atoms with van der Waals surface area (Å²) in [5.74, 6) is -0.282. The molecule has 31 heavy (non-hydrogen) atoms. The highest BCUT2D eigenvalue weighted by Gasteiger charge is 2.21. The lowest BCUT2D eigenvalue weighted by Crippen LogP contribution is -2.26. The van der Waals surface area contributed by atoms with Gasteiger partial charge in [0.05, 0.1) is 10.4 Å². The molecule has 0 aliphatic carbocycles. The highest BCUT2D eigenvalue weighted by Crippen LogP contribution is 2.21. The van der Waals surface area contributed by atoms with Crippen LogP contribution in [0.4, 0.5) is 5.69 Å². The van der Waals surface area contributed by atoms with Gasteiger partial charge >= 0.3 is 0 Å². The third kappa shape index (κ3) is 4.47. The summed E-state index contributed by atoms with van der Waals surface area (Å²) in [6, 6.07) is 24.6. The number of benzene rings is 3. The van der Waals surface area contributed by atoms with Crippen LogP contribution in [0, 0.1) is 0 Å². The Hall–Kier alpha value is -3.55. The largest absolute Gasteiger partial charge is 0.322 e. The molecule has 1 N–H and O–H groups in total. The zero-order valence-corrected chi connectivity index (χ0v) is 17.7. The zero-order chi connectivity index (χ0) is 21.8. The number of carbonyl (C=O) groups excluding carboxylic acids is 1. The molecule has 156 valence electrons. The van der Waals surface area contributed by atoms with Crippen LogP contribution in [0.2, 0.25) is 0 Å². The first kappa shape index (κ1) is 20.7. The predicted molar refractivity (Wildman–Crippen MR) is 121 cm³/mol. The maximum absolute atomic E-state index is 12.9. The summed E-state index contributed by atoms with van der Waals surface area (Å²) >= 11 is 0. The Morgan fingerprint density at radius 1 is 0.903 bits per heavy atom. The first-order chi connectivity index (χ1) is 14.9. The highest BCUT2D eigenvalue weighted by atomic mass is 32.2. The van der Waals surface area contributed by atoms with Crippen molar-refractivity contribution < 1.29 is 13.2 Å². The van der Waals surface area contributed by atoms with Gasteiger partial charge < -0.3 is 5.32 Å². The number of nitrogens with one attached hydrogen (secondary N) is 1. The summed E-state index contributed by atoms with van der Waals surface area (Å²) in [7, 11) is -2.10. The SMILES string of the molecule is CN(Cc1ccccc1)S(=O)(=O)c1ccc(NC(=O)c2cccc3ncccc23)cc1. The minimum Gasteiger partial charge on any atom is -0.322 e. The van der Waals surface area contributed by atoms with Crippen molar-refractivity contribution in [2.75, 3.05) is 12.4 Å². The average Bonchev–Trinajstić information content (AvgIpc) is 2.79. The molecule has 6 nitrogen and oxygen atoms in total. The number of pyridine rings is 1. The van der Waals surface area contributed by atoms with E-state index >= 15 is 0 Å². The molecule has 1 amide bonds. The molecule has 7 heteroatoms. The summed E-state index contributed by atoms with van der Waals surface area (Å²) in [4.78, 5) is 17.2. The van der Waals surface area contributed by atoms with Gasteiger partial charge in [0.1, 0.15) is 0 Å². The van der Waals surface area contributed by atoms with E-state index in [1.807, 2.05) is 42.5 Å². The maximum Gasteiger partial charge on any atom is 0.256 e. The van der Waals surface area contributed by atoms with E-state index < -0.39 is 10.0 Å². The average molecular weight is 432 g/mol. The van der Waals surface area contributed by atoms with E-state index in [9.17, 15) is 13.2 Å². The fourth-order valence-corrected chi connectivity index (χ4v) is 4.47. The summed E-state index contributed by atoms with van der Waals surface area (Å²) in [5.41, 5.74) is 2.65. The van der Waals surface area contributed by atoms with Gasteiger partial charge in [0.25, 0.3) is 5.91 Å². The van der Waals surface area contributed by atoms with Crippen LogP contribution in [-0.2, 0) is 16.6 Å². The molecule has 3 aromatic carbocycles. The Kier molecular flexibility index (Phi) is 5.79. The van der Waals surface area contributed by atoms with Gasteiger partial charge in [0.15, 0.2) is 0 Å². The monoisotopic (exact) mass is 431 g/mol. The number of amides is 1. The number of anilines is 1. The first-order valence-corrected chi connectivity index (χ1v) is 11.1. The first-order valence-electron chi connectivity index (χ1n) is 9.70. The van der Waals surface area contributed by atoms with E-state index in [0.717, 1.165) is 16.5 Å². The Bertz CT molecular complexity index is 1320. The molecule has 0 aliphatic heterocycles. The number of aromatic nitrogens is 1. The van der Waals surface area contributed by atoms with Crippen molar-refractivity contribution in [1.82, 2.24) is 9.29 Å². The van der Waals surface area contributed by atoms with Crippen molar-refractivity contribution in [3.63, 3.8) is 0 Å². The number of rotatable bonds is 6. The quantitative estimate of drug-likeness (QED) is 0.493. The van der Waals surface area contributed by atoms with Crippen molar-refractivity contribution in [3.8, 4) is 0 Å². The molecule has 0 saturated heterocycles. The normalized spacial score (nSPS) is 11.5. The second kappa shape index (κ2) is 8.67. The Morgan fingerprint density at radius 2 is 1.65 bits per heavy atom. The number of carbonyl (C=O) groups is 1. The van der Waals surface area contributed by atoms with Crippen molar-refractivity contribution in [2.24, 2.45) is 0 Å². The van der Waals surface area contributed by atoms with Gasteiger partial charge in [-0.25, -0.2) is 8.42 Å².